The first kappa shape index (κ1) is 58.5. The molecule has 0 aliphatic rings. The van der Waals surface area contributed by atoms with Crippen molar-refractivity contribution >= 4 is 0 Å². The van der Waals surface area contributed by atoms with E-state index in [1.54, 1.807) is 0 Å². The molecule has 0 atom stereocenters. The minimum absolute atomic E-state index is 0.0288. The second-order valence-corrected chi connectivity index (χ2v) is 16.2. The van der Waals surface area contributed by atoms with E-state index in [1.165, 1.54) is 11.8 Å². The van der Waals surface area contributed by atoms with Crippen molar-refractivity contribution in [2.45, 2.75) is 121 Å². The number of halogens is 18. The topological polar surface area (TPSA) is 36.9 Å². The summed E-state index contributed by atoms with van der Waals surface area (Å²) < 4.78 is 268. The van der Waals surface area contributed by atoms with E-state index < -0.39 is 116 Å². The predicted octanol–water partition coefficient (Wildman–Crippen LogP) is 16.4. The van der Waals surface area contributed by atoms with Gasteiger partial charge < -0.3 is 18.9 Å². The number of rotatable bonds is 26. The lowest BCUT2D eigenvalue weighted by atomic mass is 9.90. The van der Waals surface area contributed by atoms with Gasteiger partial charge in [-0.3, -0.25) is 0 Å². The van der Waals surface area contributed by atoms with Gasteiger partial charge in [-0.05, 0) is 18.8 Å². The van der Waals surface area contributed by atoms with Crippen LogP contribution in [-0.2, 0) is 12.2 Å². The summed E-state index contributed by atoms with van der Waals surface area (Å²) in [4.78, 5) is 0. The van der Waals surface area contributed by atoms with Crippen molar-refractivity contribution in [1.29, 1.82) is 0 Å². The van der Waals surface area contributed by atoms with Crippen LogP contribution in [0.5, 0.6) is 23.0 Å². The van der Waals surface area contributed by atoms with Crippen LogP contribution in [0.4, 0.5) is 79.0 Å². The molecule has 22 heteroatoms. The Labute approximate surface area is 402 Å². The molecule has 72 heavy (non-hydrogen) atoms. The molecule has 4 aromatic rings. The van der Waals surface area contributed by atoms with Crippen LogP contribution >= 0.6 is 0 Å². The highest BCUT2D eigenvalue weighted by molar-refractivity contribution is 5.44. The van der Waals surface area contributed by atoms with Gasteiger partial charge in [-0.2, -0.15) is 43.9 Å². The number of hydrogen-bond donors (Lipinski definition) is 0. The summed E-state index contributed by atoms with van der Waals surface area (Å²) in [6, 6.07) is 2.15. The zero-order valence-electron chi connectivity index (χ0n) is 37.9. The van der Waals surface area contributed by atoms with E-state index in [0.717, 1.165) is 64.2 Å². The van der Waals surface area contributed by atoms with Gasteiger partial charge in [-0.1, -0.05) is 95.8 Å². The zero-order chi connectivity index (χ0) is 53.4. The second kappa shape index (κ2) is 26.1. The highest BCUT2D eigenvalue weighted by atomic mass is 19.4. The third-order valence-corrected chi connectivity index (χ3v) is 10.6. The maximum Gasteiger partial charge on any atom is 0.458 e. The van der Waals surface area contributed by atoms with Gasteiger partial charge in [0.05, 0.1) is 24.3 Å². The summed E-state index contributed by atoms with van der Waals surface area (Å²) >= 11 is 0. The van der Waals surface area contributed by atoms with Crippen LogP contribution in [0, 0.1) is 76.1 Å². The Morgan fingerprint density at radius 2 is 0.681 bits per heavy atom. The standard InChI is InChI=1S/C50H44F18O4/c1-2-3-8-13-30(14-9-4-6-11-20-69-31-22-41(55)45(42(56)23-31)49(65,66)71-33-26-37(51)35(38(52)27-33)16-18-47(59,60)61)15-10-5-7-12-21-70-32-24-43(57)46(44(58)25-32)50(67,68)72-34-28-39(53)36(40(54)29-34)17-19-48(62,63)64/h22-30H,2-15,20-21H2,1H3. The summed E-state index contributed by atoms with van der Waals surface area (Å²) in [6.07, 6.45) is -8.54. The number of alkyl halides is 10. The Balaban J connectivity index is 1.17. The normalized spacial score (nSPS) is 12.1. The Kier molecular flexibility index (Phi) is 21.2. The van der Waals surface area contributed by atoms with Gasteiger partial charge in [-0.15, -0.1) is 0 Å². The molecule has 0 N–H and O–H groups in total. The van der Waals surface area contributed by atoms with Gasteiger partial charge in [0, 0.05) is 60.4 Å². The maximum absolute atomic E-state index is 14.8. The SMILES string of the molecule is CCCCCC(CCCCCCOc1cc(F)c(C(F)(F)Oc2cc(F)c(C#CC(F)(F)F)c(F)c2)c(F)c1)CCCCCCOc1cc(F)c(C(F)(F)Oc2cc(F)c(C#CC(F)(F)F)c(F)c2)c(F)c1. The van der Waals surface area contributed by atoms with Gasteiger partial charge in [0.2, 0.25) is 0 Å². The molecule has 4 aromatic carbocycles. The van der Waals surface area contributed by atoms with Crippen LogP contribution in [0.1, 0.15) is 119 Å². The molecule has 0 aromatic heterocycles. The monoisotopic (exact) mass is 1050 g/mol. The third-order valence-electron chi connectivity index (χ3n) is 10.6. The Morgan fingerprint density at radius 3 is 0.986 bits per heavy atom. The van der Waals surface area contributed by atoms with Crippen molar-refractivity contribution in [1.82, 2.24) is 0 Å². The molecule has 4 nitrogen and oxygen atoms in total. The maximum atomic E-state index is 14.8. The van der Waals surface area contributed by atoms with Crippen LogP contribution < -0.4 is 18.9 Å². The third kappa shape index (κ3) is 18.5. The fourth-order valence-corrected chi connectivity index (χ4v) is 7.22. The van der Waals surface area contributed by atoms with E-state index in [-0.39, 0.29) is 37.5 Å². The fourth-order valence-electron chi connectivity index (χ4n) is 7.22. The molecule has 4 rings (SSSR count). The molecule has 0 fully saturated rings. The number of hydrogen-bond acceptors (Lipinski definition) is 4. The number of unbranched alkanes of at least 4 members (excludes halogenated alkanes) is 8. The quantitative estimate of drug-likeness (QED) is 0.0357. The predicted molar refractivity (Wildman–Crippen MR) is 225 cm³/mol. The average Bonchev–Trinajstić information content (AvgIpc) is 3.23. The van der Waals surface area contributed by atoms with E-state index in [1.807, 2.05) is 0 Å². The molecule has 0 saturated heterocycles. The van der Waals surface area contributed by atoms with Crippen molar-refractivity contribution in [3.63, 3.8) is 0 Å². The first-order chi connectivity index (χ1) is 33.7. The van der Waals surface area contributed by atoms with Gasteiger partial charge in [-0.25, -0.2) is 35.1 Å². The van der Waals surface area contributed by atoms with Crippen molar-refractivity contribution in [2.75, 3.05) is 13.2 Å². The summed E-state index contributed by atoms with van der Waals surface area (Å²) in [5.74, 6) is -13.9. The summed E-state index contributed by atoms with van der Waals surface area (Å²) in [5.41, 5.74) is -6.64. The highest BCUT2D eigenvalue weighted by Crippen LogP contribution is 2.39. The summed E-state index contributed by atoms with van der Waals surface area (Å²) in [6.45, 7) is 2.02. The molecule has 0 spiro atoms. The fraction of sp³-hybridized carbons (Fsp3) is 0.440. The first-order valence-corrected chi connectivity index (χ1v) is 22.3. The van der Waals surface area contributed by atoms with Gasteiger partial charge >= 0.3 is 24.6 Å². The van der Waals surface area contributed by atoms with Crippen LogP contribution in [0.3, 0.4) is 0 Å². The van der Waals surface area contributed by atoms with Crippen LogP contribution in [0.25, 0.3) is 0 Å². The number of benzene rings is 4. The molecule has 0 aliphatic carbocycles. The van der Waals surface area contributed by atoms with E-state index in [9.17, 15) is 79.0 Å². The van der Waals surface area contributed by atoms with Crippen molar-refractivity contribution in [3.8, 4) is 46.7 Å². The largest absolute Gasteiger partial charge is 0.493 e. The molecule has 0 radical (unpaired) electrons. The number of ether oxygens (including phenoxy) is 4. The summed E-state index contributed by atoms with van der Waals surface area (Å²) in [7, 11) is 0. The van der Waals surface area contributed by atoms with Crippen molar-refractivity contribution < 1.29 is 98.0 Å². The van der Waals surface area contributed by atoms with E-state index >= 15 is 0 Å². The zero-order valence-corrected chi connectivity index (χ0v) is 37.9. The second-order valence-electron chi connectivity index (χ2n) is 16.2. The van der Waals surface area contributed by atoms with E-state index in [0.29, 0.717) is 67.7 Å². The molecule has 0 amide bonds. The molecule has 394 valence electrons. The van der Waals surface area contributed by atoms with Crippen LogP contribution in [0.2, 0.25) is 0 Å². The van der Waals surface area contributed by atoms with Crippen LogP contribution in [-0.4, -0.2) is 25.6 Å². The van der Waals surface area contributed by atoms with E-state index in [2.05, 4.69) is 16.4 Å². The highest BCUT2D eigenvalue weighted by Gasteiger charge is 2.43. The first-order valence-electron chi connectivity index (χ1n) is 22.3. The van der Waals surface area contributed by atoms with E-state index in [4.69, 9.17) is 9.47 Å². The Morgan fingerprint density at radius 1 is 0.389 bits per heavy atom. The Bertz CT molecular complexity index is 2310. The molecular formula is C50H44F18O4. The lowest BCUT2D eigenvalue weighted by molar-refractivity contribution is -0.190. The lowest BCUT2D eigenvalue weighted by Crippen LogP contribution is -2.25. The molecule has 0 aliphatic heterocycles. The van der Waals surface area contributed by atoms with Gasteiger partial charge in [0.15, 0.2) is 0 Å². The minimum Gasteiger partial charge on any atom is -0.493 e. The Hall–Kier alpha value is -6.06. The van der Waals surface area contributed by atoms with Gasteiger partial charge in [0.25, 0.3) is 0 Å². The van der Waals surface area contributed by atoms with Crippen molar-refractivity contribution in [3.05, 3.63) is 117 Å². The van der Waals surface area contributed by atoms with Crippen LogP contribution in [0.15, 0.2) is 48.5 Å². The van der Waals surface area contributed by atoms with Gasteiger partial charge in [0.1, 0.15) is 80.7 Å². The molecule has 0 heterocycles. The smallest absolute Gasteiger partial charge is 0.458 e. The molecule has 0 saturated carbocycles. The lowest BCUT2D eigenvalue weighted by Gasteiger charge is -2.20. The average molecular weight is 1050 g/mol. The molecular weight excluding hydrogens is 1010 g/mol. The van der Waals surface area contributed by atoms with Crippen molar-refractivity contribution in [2.24, 2.45) is 5.92 Å². The summed E-state index contributed by atoms with van der Waals surface area (Å²) in [5, 5.41) is 0. The minimum atomic E-state index is -5.12. The molecule has 0 bridgehead atoms. The molecule has 0 unspecified atom stereocenters.